The van der Waals surface area contributed by atoms with Gasteiger partial charge in [0.15, 0.2) is 0 Å². The summed E-state index contributed by atoms with van der Waals surface area (Å²) in [5.74, 6) is 0.823. The molecular formula is C20H24ClN. The van der Waals surface area contributed by atoms with Crippen molar-refractivity contribution in [3.8, 4) is 0 Å². The highest BCUT2D eigenvalue weighted by Gasteiger charge is 2.21. The van der Waals surface area contributed by atoms with Crippen molar-refractivity contribution >= 4 is 11.6 Å². The molecule has 2 heteroatoms. The van der Waals surface area contributed by atoms with Crippen LogP contribution >= 0.6 is 11.6 Å². The lowest BCUT2D eigenvalue weighted by Gasteiger charge is -2.33. The summed E-state index contributed by atoms with van der Waals surface area (Å²) in [7, 11) is 0. The Balaban J connectivity index is 1.46. The average Bonchev–Trinajstić information content (AvgIpc) is 2.58. The number of rotatable bonds is 5. The zero-order valence-electron chi connectivity index (χ0n) is 13.0. The number of nitrogens with zero attached hydrogens (tertiary/aromatic N) is 1. The average molecular weight is 314 g/mol. The Hall–Kier alpha value is -1.31. The molecule has 1 heterocycles. The summed E-state index contributed by atoms with van der Waals surface area (Å²) in [6, 6.07) is 21.3. The summed E-state index contributed by atoms with van der Waals surface area (Å²) in [5, 5.41) is 0.104. The smallest absolute Gasteiger partial charge is 0.0712 e. The normalized spacial score (nSPS) is 18.2. The standard InChI is InChI=1S/C20H24ClN/c21-20(19-9-5-2-6-10-19)16-22-13-11-18(12-14-22)15-17-7-3-1-4-8-17/h1-10,18,20H,11-16H2. The molecule has 0 amide bonds. The number of halogens is 1. The van der Waals surface area contributed by atoms with Crippen LogP contribution in [0, 0.1) is 5.92 Å². The highest BCUT2D eigenvalue weighted by atomic mass is 35.5. The molecule has 0 radical (unpaired) electrons. The molecule has 1 aliphatic rings. The second-order valence-corrected chi connectivity index (χ2v) is 6.84. The summed E-state index contributed by atoms with van der Waals surface area (Å²) < 4.78 is 0. The van der Waals surface area contributed by atoms with Gasteiger partial charge in [-0.15, -0.1) is 11.6 Å². The number of hydrogen-bond donors (Lipinski definition) is 0. The molecule has 1 unspecified atom stereocenters. The quantitative estimate of drug-likeness (QED) is 0.708. The maximum Gasteiger partial charge on any atom is 0.0712 e. The van der Waals surface area contributed by atoms with E-state index >= 15 is 0 Å². The maximum atomic E-state index is 6.56. The molecule has 0 saturated carbocycles. The van der Waals surface area contributed by atoms with Crippen molar-refractivity contribution in [2.24, 2.45) is 5.92 Å². The van der Waals surface area contributed by atoms with Crippen LogP contribution in [-0.4, -0.2) is 24.5 Å². The van der Waals surface area contributed by atoms with Crippen LogP contribution in [0.3, 0.4) is 0 Å². The van der Waals surface area contributed by atoms with Crippen molar-refractivity contribution in [1.82, 2.24) is 4.90 Å². The molecule has 0 N–H and O–H groups in total. The van der Waals surface area contributed by atoms with Crippen LogP contribution in [0.2, 0.25) is 0 Å². The Bertz CT molecular complexity index is 546. The van der Waals surface area contributed by atoms with E-state index in [1.165, 1.54) is 43.5 Å². The van der Waals surface area contributed by atoms with Gasteiger partial charge >= 0.3 is 0 Å². The Morgan fingerprint density at radius 2 is 1.50 bits per heavy atom. The first-order valence-electron chi connectivity index (χ1n) is 8.26. The molecule has 22 heavy (non-hydrogen) atoms. The van der Waals surface area contributed by atoms with Gasteiger partial charge in [0.05, 0.1) is 5.38 Å². The zero-order valence-corrected chi connectivity index (χ0v) is 13.8. The van der Waals surface area contributed by atoms with Crippen molar-refractivity contribution in [1.29, 1.82) is 0 Å². The van der Waals surface area contributed by atoms with Crippen LogP contribution in [0.5, 0.6) is 0 Å². The highest BCUT2D eigenvalue weighted by Crippen LogP contribution is 2.26. The lowest BCUT2D eigenvalue weighted by atomic mass is 9.90. The number of piperidine rings is 1. The summed E-state index contributed by atoms with van der Waals surface area (Å²) in [6.07, 6.45) is 3.79. The third-order valence-corrected chi connectivity index (χ3v) is 5.04. The van der Waals surface area contributed by atoms with Crippen molar-refractivity contribution in [2.45, 2.75) is 24.6 Å². The predicted molar refractivity (Wildman–Crippen MR) is 94.3 cm³/mol. The van der Waals surface area contributed by atoms with E-state index in [-0.39, 0.29) is 5.38 Å². The van der Waals surface area contributed by atoms with Crippen LogP contribution in [0.4, 0.5) is 0 Å². The zero-order chi connectivity index (χ0) is 15.2. The third-order valence-electron chi connectivity index (χ3n) is 4.65. The summed E-state index contributed by atoms with van der Waals surface area (Å²) in [4.78, 5) is 2.52. The molecule has 2 aromatic carbocycles. The first kappa shape index (κ1) is 15.6. The van der Waals surface area contributed by atoms with E-state index in [1.54, 1.807) is 0 Å². The molecule has 0 aromatic heterocycles. The Kier molecular flexibility index (Phi) is 5.53. The molecule has 2 aromatic rings. The number of alkyl halides is 1. The van der Waals surface area contributed by atoms with Crippen LogP contribution in [0.25, 0.3) is 0 Å². The number of benzene rings is 2. The van der Waals surface area contributed by atoms with Crippen molar-refractivity contribution < 1.29 is 0 Å². The van der Waals surface area contributed by atoms with Gasteiger partial charge in [-0.1, -0.05) is 60.7 Å². The first-order chi connectivity index (χ1) is 10.8. The largest absolute Gasteiger partial charge is 0.302 e. The molecule has 0 bridgehead atoms. The lowest BCUT2D eigenvalue weighted by Crippen LogP contribution is -2.36. The number of hydrogen-bond acceptors (Lipinski definition) is 1. The Labute approximate surface area is 138 Å². The SMILES string of the molecule is ClC(CN1CCC(Cc2ccccc2)CC1)c1ccccc1. The predicted octanol–water partition coefficient (Wildman–Crippen LogP) is 4.92. The van der Waals surface area contributed by atoms with Gasteiger partial charge in [0.1, 0.15) is 0 Å². The molecule has 1 fully saturated rings. The van der Waals surface area contributed by atoms with Crippen LogP contribution < -0.4 is 0 Å². The van der Waals surface area contributed by atoms with Crippen molar-refractivity contribution in [3.05, 3.63) is 71.8 Å². The highest BCUT2D eigenvalue weighted by molar-refractivity contribution is 6.21. The molecule has 0 aliphatic carbocycles. The van der Waals surface area contributed by atoms with E-state index < -0.39 is 0 Å². The summed E-state index contributed by atoms with van der Waals surface area (Å²) in [5.41, 5.74) is 2.70. The Morgan fingerprint density at radius 3 is 2.14 bits per heavy atom. The van der Waals surface area contributed by atoms with E-state index in [0.29, 0.717) is 0 Å². The van der Waals surface area contributed by atoms with Gasteiger partial charge in [-0.3, -0.25) is 0 Å². The molecule has 1 saturated heterocycles. The van der Waals surface area contributed by atoms with E-state index in [1.807, 2.05) is 6.07 Å². The van der Waals surface area contributed by atoms with Gasteiger partial charge in [-0.2, -0.15) is 0 Å². The van der Waals surface area contributed by atoms with Crippen molar-refractivity contribution in [3.63, 3.8) is 0 Å². The third kappa shape index (κ3) is 4.34. The fourth-order valence-electron chi connectivity index (χ4n) is 3.31. The summed E-state index contributed by atoms with van der Waals surface area (Å²) in [6.45, 7) is 3.31. The van der Waals surface area contributed by atoms with Gasteiger partial charge in [-0.05, 0) is 49.4 Å². The molecule has 3 rings (SSSR count). The van der Waals surface area contributed by atoms with Gasteiger partial charge < -0.3 is 4.90 Å². The topological polar surface area (TPSA) is 3.24 Å². The van der Waals surface area contributed by atoms with Gasteiger partial charge in [-0.25, -0.2) is 0 Å². The maximum absolute atomic E-state index is 6.56. The Morgan fingerprint density at radius 1 is 0.909 bits per heavy atom. The molecular weight excluding hydrogens is 290 g/mol. The minimum absolute atomic E-state index is 0.104. The minimum atomic E-state index is 0.104. The fraction of sp³-hybridized carbons (Fsp3) is 0.400. The molecule has 0 spiro atoms. The molecule has 116 valence electrons. The van der Waals surface area contributed by atoms with E-state index in [0.717, 1.165) is 12.5 Å². The second kappa shape index (κ2) is 7.80. The van der Waals surface area contributed by atoms with Crippen molar-refractivity contribution in [2.75, 3.05) is 19.6 Å². The monoisotopic (exact) mass is 313 g/mol. The van der Waals surface area contributed by atoms with Gasteiger partial charge in [0, 0.05) is 6.54 Å². The van der Waals surface area contributed by atoms with E-state index in [4.69, 9.17) is 11.6 Å². The summed E-state index contributed by atoms with van der Waals surface area (Å²) >= 11 is 6.56. The minimum Gasteiger partial charge on any atom is -0.302 e. The van der Waals surface area contributed by atoms with Gasteiger partial charge in [0.25, 0.3) is 0 Å². The van der Waals surface area contributed by atoms with E-state index in [9.17, 15) is 0 Å². The molecule has 1 atom stereocenters. The van der Waals surface area contributed by atoms with Gasteiger partial charge in [0.2, 0.25) is 0 Å². The fourth-order valence-corrected chi connectivity index (χ4v) is 3.66. The van der Waals surface area contributed by atoms with Crippen LogP contribution in [0.1, 0.15) is 29.3 Å². The second-order valence-electron chi connectivity index (χ2n) is 6.31. The van der Waals surface area contributed by atoms with Crippen LogP contribution in [-0.2, 0) is 6.42 Å². The first-order valence-corrected chi connectivity index (χ1v) is 8.70. The van der Waals surface area contributed by atoms with Crippen LogP contribution in [0.15, 0.2) is 60.7 Å². The number of likely N-dealkylation sites (tertiary alicyclic amines) is 1. The van der Waals surface area contributed by atoms with E-state index in [2.05, 4.69) is 59.5 Å². The lowest BCUT2D eigenvalue weighted by molar-refractivity contribution is 0.184. The molecule has 1 nitrogen and oxygen atoms in total. The molecule has 1 aliphatic heterocycles.